The van der Waals surface area contributed by atoms with E-state index in [4.69, 9.17) is 9.47 Å². The van der Waals surface area contributed by atoms with E-state index < -0.39 is 22.8 Å². The molecule has 0 saturated heterocycles. The van der Waals surface area contributed by atoms with Gasteiger partial charge in [-0.3, -0.25) is 14.9 Å². The molecule has 0 spiro atoms. The molecule has 3 aromatic rings. The monoisotopic (exact) mass is 489 g/mol. The minimum Gasteiger partial charge on any atom is -0.495 e. The van der Waals surface area contributed by atoms with Crippen LogP contribution in [0.25, 0.3) is 0 Å². The first-order valence-electron chi connectivity index (χ1n) is 10.3. The normalized spacial score (nSPS) is 11.8. The van der Waals surface area contributed by atoms with Crippen molar-refractivity contribution in [1.82, 2.24) is 14.8 Å². The Balaban J connectivity index is 1.72. The van der Waals surface area contributed by atoms with Crippen LogP contribution in [0, 0.1) is 15.9 Å². The number of amides is 1. The van der Waals surface area contributed by atoms with Gasteiger partial charge in [0.15, 0.2) is 28.7 Å². The lowest BCUT2D eigenvalue weighted by molar-refractivity contribution is -0.384. The molecule has 0 radical (unpaired) electrons. The van der Waals surface area contributed by atoms with Crippen LogP contribution < -0.4 is 14.8 Å². The molecule has 0 aliphatic rings. The van der Waals surface area contributed by atoms with Gasteiger partial charge in [-0.2, -0.15) is 0 Å². The maximum absolute atomic E-state index is 14.0. The standard InChI is InChI=1S/C22H24FN5O5S/c1-13(2)27-21(14(3)33-18-8-6-5-7-16(18)23)25-26-22(27)34-12-20(29)24-17-11-15(28(30)31)9-10-19(17)32-4/h5-11,13-14H,12H2,1-4H3,(H,24,29). The third-order valence-corrected chi connectivity index (χ3v) is 5.65. The first-order chi connectivity index (χ1) is 16.2. The van der Waals surface area contributed by atoms with Gasteiger partial charge in [-0.1, -0.05) is 23.9 Å². The topological polar surface area (TPSA) is 121 Å². The molecule has 180 valence electrons. The van der Waals surface area contributed by atoms with Gasteiger partial charge in [0.25, 0.3) is 5.69 Å². The molecular weight excluding hydrogens is 465 g/mol. The van der Waals surface area contributed by atoms with Crippen molar-refractivity contribution in [3.05, 3.63) is 64.2 Å². The van der Waals surface area contributed by atoms with Gasteiger partial charge in [0.1, 0.15) is 5.75 Å². The Labute approximate surface area is 199 Å². The lowest BCUT2D eigenvalue weighted by Crippen LogP contribution is -2.17. The average molecular weight is 490 g/mol. The highest BCUT2D eigenvalue weighted by molar-refractivity contribution is 7.99. The fraction of sp³-hybridized carbons (Fsp3) is 0.318. The smallest absolute Gasteiger partial charge is 0.271 e. The Morgan fingerprint density at radius 3 is 2.59 bits per heavy atom. The number of aromatic nitrogens is 3. The summed E-state index contributed by atoms with van der Waals surface area (Å²) >= 11 is 1.15. The van der Waals surface area contributed by atoms with Crippen molar-refractivity contribution in [2.45, 2.75) is 38.1 Å². The van der Waals surface area contributed by atoms with Crippen molar-refractivity contribution in [3.8, 4) is 11.5 Å². The molecule has 1 aromatic heterocycles. The summed E-state index contributed by atoms with van der Waals surface area (Å²) in [6.45, 7) is 5.60. The number of rotatable bonds is 10. The average Bonchev–Trinajstić information content (AvgIpc) is 3.23. The van der Waals surface area contributed by atoms with Gasteiger partial charge in [0, 0.05) is 18.2 Å². The molecule has 12 heteroatoms. The largest absolute Gasteiger partial charge is 0.495 e. The van der Waals surface area contributed by atoms with Crippen LogP contribution in [0.5, 0.6) is 11.5 Å². The summed E-state index contributed by atoms with van der Waals surface area (Å²) in [5, 5.41) is 22.5. The lowest BCUT2D eigenvalue weighted by atomic mass is 10.2. The molecule has 2 aromatic carbocycles. The van der Waals surface area contributed by atoms with E-state index in [2.05, 4.69) is 15.5 Å². The number of nitrogens with one attached hydrogen (secondary N) is 1. The molecule has 0 bridgehead atoms. The van der Waals surface area contributed by atoms with Crippen LogP contribution in [0.1, 0.15) is 38.7 Å². The number of anilines is 1. The Kier molecular flexibility index (Phi) is 8.05. The molecule has 0 saturated carbocycles. The summed E-state index contributed by atoms with van der Waals surface area (Å²) in [7, 11) is 1.41. The minimum absolute atomic E-state index is 0.0285. The SMILES string of the molecule is COc1ccc([N+](=O)[O-])cc1NC(=O)CSc1nnc(C(C)Oc2ccccc2F)n1C(C)C. The van der Waals surface area contributed by atoms with Crippen molar-refractivity contribution in [1.29, 1.82) is 0 Å². The molecule has 1 unspecified atom stereocenters. The zero-order chi connectivity index (χ0) is 24.8. The molecular formula is C22H24FN5O5S. The molecule has 0 fully saturated rings. The molecule has 1 N–H and O–H groups in total. The second kappa shape index (κ2) is 11.0. The summed E-state index contributed by atoms with van der Waals surface area (Å²) in [6.07, 6.45) is -0.593. The van der Waals surface area contributed by atoms with Crippen molar-refractivity contribution in [2.75, 3.05) is 18.2 Å². The molecule has 1 amide bonds. The Bertz CT molecular complexity index is 1190. The summed E-state index contributed by atoms with van der Waals surface area (Å²) in [4.78, 5) is 23.0. The second-order valence-electron chi connectivity index (χ2n) is 7.47. The highest BCUT2D eigenvalue weighted by Crippen LogP contribution is 2.31. The highest BCUT2D eigenvalue weighted by Gasteiger charge is 2.23. The van der Waals surface area contributed by atoms with Crippen molar-refractivity contribution in [2.24, 2.45) is 0 Å². The van der Waals surface area contributed by atoms with E-state index in [0.717, 1.165) is 11.8 Å². The minimum atomic E-state index is -0.593. The van der Waals surface area contributed by atoms with Gasteiger partial charge in [-0.25, -0.2) is 4.39 Å². The first-order valence-corrected chi connectivity index (χ1v) is 11.3. The molecule has 0 aliphatic heterocycles. The maximum atomic E-state index is 14.0. The number of nitro benzene ring substituents is 1. The number of halogens is 1. The van der Waals surface area contributed by atoms with E-state index in [-0.39, 0.29) is 28.9 Å². The number of hydrogen-bond donors (Lipinski definition) is 1. The van der Waals surface area contributed by atoms with Gasteiger partial charge in [0.05, 0.1) is 23.5 Å². The number of benzene rings is 2. The fourth-order valence-electron chi connectivity index (χ4n) is 3.16. The third-order valence-electron chi connectivity index (χ3n) is 4.71. The summed E-state index contributed by atoms with van der Waals surface area (Å²) in [5.74, 6) is -0.0173. The lowest BCUT2D eigenvalue weighted by Gasteiger charge is -2.19. The predicted octanol–water partition coefficient (Wildman–Crippen LogP) is 4.79. The molecule has 10 nitrogen and oxygen atoms in total. The maximum Gasteiger partial charge on any atom is 0.271 e. The fourth-order valence-corrected chi connectivity index (χ4v) is 4.03. The summed E-state index contributed by atoms with van der Waals surface area (Å²) < 4.78 is 26.7. The van der Waals surface area contributed by atoms with Crippen LogP contribution in [-0.4, -0.2) is 38.5 Å². The second-order valence-corrected chi connectivity index (χ2v) is 8.42. The van der Waals surface area contributed by atoms with E-state index in [9.17, 15) is 19.3 Å². The van der Waals surface area contributed by atoms with Crippen molar-refractivity contribution >= 4 is 29.0 Å². The van der Waals surface area contributed by atoms with E-state index in [1.807, 2.05) is 18.4 Å². The van der Waals surface area contributed by atoms with Gasteiger partial charge in [-0.05, 0) is 39.0 Å². The number of non-ortho nitro benzene ring substituents is 1. The van der Waals surface area contributed by atoms with Crippen LogP contribution >= 0.6 is 11.8 Å². The van der Waals surface area contributed by atoms with Crippen LogP contribution in [0.3, 0.4) is 0 Å². The van der Waals surface area contributed by atoms with E-state index in [1.54, 1.807) is 19.1 Å². The quantitative estimate of drug-likeness (QED) is 0.245. The zero-order valence-electron chi connectivity index (χ0n) is 19.0. The Hall–Kier alpha value is -3.67. The van der Waals surface area contributed by atoms with E-state index >= 15 is 0 Å². The number of carbonyl (C=O) groups is 1. The number of ether oxygens (including phenoxy) is 2. The number of nitrogens with zero attached hydrogens (tertiary/aromatic N) is 4. The van der Waals surface area contributed by atoms with Crippen molar-refractivity contribution < 1.29 is 23.6 Å². The van der Waals surface area contributed by atoms with Crippen LogP contribution in [0.15, 0.2) is 47.6 Å². The number of para-hydroxylation sites is 1. The highest BCUT2D eigenvalue weighted by atomic mass is 32.2. The van der Waals surface area contributed by atoms with Crippen molar-refractivity contribution in [3.63, 3.8) is 0 Å². The number of carbonyl (C=O) groups excluding carboxylic acids is 1. The van der Waals surface area contributed by atoms with Crippen LogP contribution in [0.4, 0.5) is 15.8 Å². The number of methoxy groups -OCH3 is 1. The third kappa shape index (κ3) is 5.81. The number of nitro groups is 1. The summed E-state index contributed by atoms with van der Waals surface area (Å²) in [6, 6.07) is 9.98. The van der Waals surface area contributed by atoms with Gasteiger partial charge >= 0.3 is 0 Å². The molecule has 1 atom stereocenters. The van der Waals surface area contributed by atoms with E-state index in [0.29, 0.717) is 16.7 Å². The molecule has 3 rings (SSSR count). The van der Waals surface area contributed by atoms with E-state index in [1.165, 1.54) is 37.4 Å². The zero-order valence-corrected chi connectivity index (χ0v) is 19.8. The molecule has 1 heterocycles. The number of hydrogen-bond acceptors (Lipinski definition) is 8. The van der Waals surface area contributed by atoms with Crippen LogP contribution in [0.2, 0.25) is 0 Å². The van der Waals surface area contributed by atoms with Gasteiger partial charge in [-0.15, -0.1) is 10.2 Å². The molecule has 34 heavy (non-hydrogen) atoms. The summed E-state index contributed by atoms with van der Waals surface area (Å²) in [5.41, 5.74) is 0.0250. The van der Waals surface area contributed by atoms with Gasteiger partial charge < -0.3 is 19.4 Å². The molecule has 0 aliphatic carbocycles. The Morgan fingerprint density at radius 2 is 1.94 bits per heavy atom. The first kappa shape index (κ1) is 25.0. The Morgan fingerprint density at radius 1 is 1.21 bits per heavy atom. The van der Waals surface area contributed by atoms with Crippen LogP contribution in [-0.2, 0) is 4.79 Å². The number of thioether (sulfide) groups is 1. The predicted molar refractivity (Wildman–Crippen MR) is 125 cm³/mol. The van der Waals surface area contributed by atoms with Gasteiger partial charge in [0.2, 0.25) is 5.91 Å².